The van der Waals surface area contributed by atoms with E-state index in [1.54, 1.807) is 17.1 Å². The molecule has 0 bridgehead atoms. The molecular weight excluding hydrogens is 368 g/mol. The zero-order valence-corrected chi connectivity index (χ0v) is 17.0. The van der Waals surface area contributed by atoms with Gasteiger partial charge in [0, 0.05) is 30.0 Å². The first-order valence-electron chi connectivity index (χ1n) is 9.98. The summed E-state index contributed by atoms with van der Waals surface area (Å²) in [6, 6.07) is 2.02. The maximum atomic E-state index is 12.6. The van der Waals surface area contributed by atoms with Gasteiger partial charge in [0.1, 0.15) is 0 Å². The molecule has 1 aliphatic rings. The second-order valence-corrected chi connectivity index (χ2v) is 8.34. The molecule has 1 amide bonds. The fraction of sp³-hybridized carbons (Fsp3) is 0.476. The Morgan fingerprint density at radius 1 is 1.17 bits per heavy atom. The minimum Gasteiger partial charge on any atom is -0.390 e. The third kappa shape index (κ3) is 3.98. The van der Waals surface area contributed by atoms with Crippen LogP contribution in [0.1, 0.15) is 55.6 Å². The number of amides is 1. The summed E-state index contributed by atoms with van der Waals surface area (Å²) in [6.45, 7) is 5.64. The summed E-state index contributed by atoms with van der Waals surface area (Å²) in [7, 11) is 0. The van der Waals surface area contributed by atoms with E-state index < -0.39 is 5.60 Å². The highest BCUT2D eigenvalue weighted by atomic mass is 16.3. The molecule has 4 rings (SSSR count). The molecule has 1 saturated carbocycles. The van der Waals surface area contributed by atoms with E-state index >= 15 is 0 Å². The van der Waals surface area contributed by atoms with E-state index in [1.807, 2.05) is 26.8 Å². The third-order valence-corrected chi connectivity index (χ3v) is 5.82. The molecule has 3 aromatic heterocycles. The van der Waals surface area contributed by atoms with Gasteiger partial charge in [-0.1, -0.05) is 0 Å². The molecule has 0 aliphatic heterocycles. The fourth-order valence-electron chi connectivity index (χ4n) is 4.03. The number of rotatable bonds is 4. The summed E-state index contributed by atoms with van der Waals surface area (Å²) >= 11 is 0. The number of aliphatic hydroxyl groups is 1. The van der Waals surface area contributed by atoms with Crippen molar-refractivity contribution >= 4 is 16.8 Å². The van der Waals surface area contributed by atoms with Crippen LogP contribution < -0.4 is 5.32 Å². The van der Waals surface area contributed by atoms with Crippen LogP contribution in [0.2, 0.25) is 0 Å². The van der Waals surface area contributed by atoms with Gasteiger partial charge in [-0.25, -0.2) is 9.97 Å². The maximum Gasteiger partial charge on any atom is 0.254 e. The molecule has 0 unspecified atom stereocenters. The average Bonchev–Trinajstić information content (AvgIpc) is 3.05. The Bertz CT molecular complexity index is 1010. The molecule has 0 spiro atoms. The van der Waals surface area contributed by atoms with E-state index in [9.17, 15) is 9.90 Å². The van der Waals surface area contributed by atoms with Crippen LogP contribution in [-0.2, 0) is 0 Å². The Morgan fingerprint density at radius 2 is 1.86 bits per heavy atom. The predicted octanol–water partition coefficient (Wildman–Crippen LogP) is 2.58. The van der Waals surface area contributed by atoms with Crippen molar-refractivity contribution in [2.45, 2.75) is 58.1 Å². The van der Waals surface area contributed by atoms with Gasteiger partial charge in [-0.2, -0.15) is 9.78 Å². The van der Waals surface area contributed by atoms with Crippen molar-refractivity contribution in [1.82, 2.24) is 30.0 Å². The van der Waals surface area contributed by atoms with E-state index in [1.165, 1.54) is 12.4 Å². The highest BCUT2D eigenvalue weighted by molar-refractivity contribution is 5.93. The summed E-state index contributed by atoms with van der Waals surface area (Å²) in [4.78, 5) is 25.4. The lowest BCUT2D eigenvalue weighted by Gasteiger charge is -2.36. The van der Waals surface area contributed by atoms with Crippen LogP contribution in [-0.4, -0.2) is 47.4 Å². The van der Waals surface area contributed by atoms with Crippen LogP contribution in [0.15, 0.2) is 30.9 Å². The van der Waals surface area contributed by atoms with Gasteiger partial charge in [0.15, 0.2) is 0 Å². The van der Waals surface area contributed by atoms with Gasteiger partial charge in [-0.05, 0) is 58.4 Å². The van der Waals surface area contributed by atoms with Gasteiger partial charge in [0.05, 0.1) is 28.6 Å². The Morgan fingerprint density at radius 3 is 2.52 bits per heavy atom. The number of aryl methyl sites for hydroxylation is 1. The molecule has 1 fully saturated rings. The van der Waals surface area contributed by atoms with Crippen molar-refractivity contribution in [2.24, 2.45) is 5.92 Å². The highest BCUT2D eigenvalue weighted by Gasteiger charge is 2.31. The fourth-order valence-corrected chi connectivity index (χ4v) is 4.03. The smallest absolute Gasteiger partial charge is 0.254 e. The van der Waals surface area contributed by atoms with Crippen LogP contribution in [0.4, 0.5) is 0 Å². The number of nitrogens with zero attached hydrogens (tertiary/aromatic N) is 5. The molecule has 0 aromatic carbocycles. The Kier molecular flexibility index (Phi) is 5.04. The summed E-state index contributed by atoms with van der Waals surface area (Å²) in [5.74, 6) is 0.505. The molecule has 29 heavy (non-hydrogen) atoms. The molecule has 8 heteroatoms. The number of fused-ring (bicyclic) bond motifs is 1. The second-order valence-electron chi connectivity index (χ2n) is 8.34. The van der Waals surface area contributed by atoms with Crippen molar-refractivity contribution in [2.75, 3.05) is 0 Å². The SMILES string of the molecule is Cc1nn(-c2ncc(C(=O)NC3CCC(C(C)(C)O)CC3)cn2)c2cnccc12. The van der Waals surface area contributed by atoms with Gasteiger partial charge < -0.3 is 10.4 Å². The van der Waals surface area contributed by atoms with Crippen molar-refractivity contribution in [3.63, 3.8) is 0 Å². The summed E-state index contributed by atoms with van der Waals surface area (Å²) in [5.41, 5.74) is 1.45. The second kappa shape index (κ2) is 7.51. The molecular formula is C21H26N6O2. The van der Waals surface area contributed by atoms with Crippen molar-refractivity contribution < 1.29 is 9.90 Å². The lowest BCUT2D eigenvalue weighted by molar-refractivity contribution is -0.00257. The Balaban J connectivity index is 1.44. The van der Waals surface area contributed by atoms with E-state index in [-0.39, 0.29) is 17.9 Å². The lowest BCUT2D eigenvalue weighted by atomic mass is 9.77. The Hall–Kier alpha value is -2.87. The molecule has 3 aromatic rings. The molecule has 0 atom stereocenters. The van der Waals surface area contributed by atoms with E-state index in [0.717, 1.165) is 42.3 Å². The predicted molar refractivity (Wildman–Crippen MR) is 109 cm³/mol. The monoisotopic (exact) mass is 394 g/mol. The Labute approximate surface area is 169 Å². The number of hydrogen-bond acceptors (Lipinski definition) is 6. The van der Waals surface area contributed by atoms with Gasteiger partial charge in [0.25, 0.3) is 11.9 Å². The minimum absolute atomic E-state index is 0.115. The molecule has 8 nitrogen and oxygen atoms in total. The van der Waals surface area contributed by atoms with Gasteiger partial charge in [-0.15, -0.1) is 0 Å². The van der Waals surface area contributed by atoms with E-state index in [0.29, 0.717) is 11.5 Å². The maximum absolute atomic E-state index is 12.6. The van der Waals surface area contributed by atoms with Gasteiger partial charge in [0.2, 0.25) is 0 Å². The van der Waals surface area contributed by atoms with E-state index in [4.69, 9.17) is 0 Å². The minimum atomic E-state index is -0.663. The summed E-state index contributed by atoms with van der Waals surface area (Å²) < 4.78 is 1.64. The average molecular weight is 394 g/mol. The van der Waals surface area contributed by atoms with Crippen molar-refractivity contribution in [3.8, 4) is 5.95 Å². The summed E-state index contributed by atoms with van der Waals surface area (Å²) in [5, 5.41) is 18.7. The van der Waals surface area contributed by atoms with Crippen LogP contribution >= 0.6 is 0 Å². The van der Waals surface area contributed by atoms with Gasteiger partial charge >= 0.3 is 0 Å². The standard InChI is InChI=1S/C21H26N6O2/c1-13-17-8-9-22-12-18(17)27(26-13)20-23-10-14(11-24-20)19(28)25-16-6-4-15(5-7-16)21(2,3)29/h8-12,15-16,29H,4-7H2,1-3H3,(H,25,28). The first-order valence-corrected chi connectivity index (χ1v) is 9.98. The zero-order chi connectivity index (χ0) is 20.6. The number of hydrogen-bond donors (Lipinski definition) is 2. The van der Waals surface area contributed by atoms with Gasteiger partial charge in [-0.3, -0.25) is 9.78 Å². The number of carbonyl (C=O) groups excluding carboxylic acids is 1. The third-order valence-electron chi connectivity index (χ3n) is 5.82. The largest absolute Gasteiger partial charge is 0.390 e. The zero-order valence-electron chi connectivity index (χ0n) is 17.0. The first-order chi connectivity index (χ1) is 13.8. The van der Waals surface area contributed by atoms with E-state index in [2.05, 4.69) is 25.4 Å². The molecule has 0 radical (unpaired) electrons. The number of aromatic nitrogens is 5. The molecule has 2 N–H and O–H groups in total. The normalized spacial score (nSPS) is 20.0. The van der Waals surface area contributed by atoms with Crippen molar-refractivity contribution in [3.05, 3.63) is 42.1 Å². The molecule has 1 aliphatic carbocycles. The van der Waals surface area contributed by atoms with Crippen LogP contribution in [0, 0.1) is 12.8 Å². The topological polar surface area (TPSA) is 106 Å². The quantitative estimate of drug-likeness (QED) is 0.704. The van der Waals surface area contributed by atoms with Crippen LogP contribution in [0.25, 0.3) is 16.9 Å². The van der Waals surface area contributed by atoms with Crippen LogP contribution in [0.3, 0.4) is 0 Å². The van der Waals surface area contributed by atoms with Crippen LogP contribution in [0.5, 0.6) is 0 Å². The number of carbonyl (C=O) groups is 1. The lowest BCUT2D eigenvalue weighted by Crippen LogP contribution is -2.41. The number of nitrogens with one attached hydrogen (secondary N) is 1. The number of pyridine rings is 1. The summed E-state index contributed by atoms with van der Waals surface area (Å²) in [6.07, 6.45) is 10.1. The molecule has 3 heterocycles. The first kappa shape index (κ1) is 19.4. The molecule has 0 saturated heterocycles. The molecule has 152 valence electrons. The highest BCUT2D eigenvalue weighted by Crippen LogP contribution is 2.32. The van der Waals surface area contributed by atoms with Crippen molar-refractivity contribution in [1.29, 1.82) is 0 Å².